The molecule has 0 unspecified atom stereocenters. The van der Waals surface area contributed by atoms with Crippen molar-refractivity contribution in [1.82, 2.24) is 0 Å². The fourth-order valence-corrected chi connectivity index (χ4v) is 7.26. The molecule has 3 aliphatic rings. The smallest absolute Gasteiger partial charge is 0.329 e. The molecule has 0 bridgehead atoms. The minimum absolute atomic E-state index is 0.141. The van der Waals surface area contributed by atoms with Crippen molar-refractivity contribution in [2.75, 3.05) is 4.81 Å². The average molecular weight is 493 g/mol. The molecular weight excluding hydrogens is 469 g/mol. The van der Waals surface area contributed by atoms with Gasteiger partial charge < -0.3 is 4.81 Å². The largest absolute Gasteiger partial charge is 0.376 e. The number of hydrogen-bond acceptors (Lipinski definition) is 1. The van der Waals surface area contributed by atoms with Gasteiger partial charge in [-0.3, -0.25) is 0 Å². The SMILES string of the molecule is c1ccc2c(c1)Cc1ccc(-c3cccc4c3-c3ccccc3B3c5ccccc5-c5ccccc5N34)cc1-2. The number of benzene rings is 6. The maximum atomic E-state index is 2.58. The number of hydrogen-bond donors (Lipinski definition) is 0. The van der Waals surface area contributed by atoms with Gasteiger partial charge in [0.05, 0.1) is 0 Å². The zero-order valence-corrected chi connectivity index (χ0v) is 21.4. The van der Waals surface area contributed by atoms with Crippen LogP contribution in [0.4, 0.5) is 11.4 Å². The molecule has 0 N–H and O–H groups in total. The van der Waals surface area contributed by atoms with Crippen molar-refractivity contribution in [3.63, 3.8) is 0 Å². The first-order valence-electron chi connectivity index (χ1n) is 13.8. The number of rotatable bonds is 1. The number of fused-ring (bicyclic) bond motifs is 14. The van der Waals surface area contributed by atoms with Gasteiger partial charge in [-0.15, -0.1) is 0 Å². The van der Waals surface area contributed by atoms with Gasteiger partial charge in [0.15, 0.2) is 0 Å². The molecule has 0 radical (unpaired) electrons. The lowest BCUT2D eigenvalue weighted by atomic mass is 9.43. The van der Waals surface area contributed by atoms with E-state index in [-0.39, 0.29) is 6.85 Å². The van der Waals surface area contributed by atoms with Crippen molar-refractivity contribution >= 4 is 29.1 Å². The first-order chi connectivity index (χ1) is 19.4. The maximum absolute atomic E-state index is 2.58. The molecule has 0 atom stereocenters. The summed E-state index contributed by atoms with van der Waals surface area (Å²) in [5.41, 5.74) is 18.8. The Kier molecular flexibility index (Phi) is 4.26. The Balaban J connectivity index is 1.33. The number of para-hydroxylation sites is 1. The summed E-state index contributed by atoms with van der Waals surface area (Å²) in [7, 11) is 0. The number of anilines is 2. The summed E-state index contributed by atoms with van der Waals surface area (Å²) in [5.74, 6) is 0. The third kappa shape index (κ3) is 2.86. The summed E-state index contributed by atoms with van der Waals surface area (Å²) in [5, 5.41) is 0. The van der Waals surface area contributed by atoms with Crippen molar-refractivity contribution in [3.8, 4) is 44.5 Å². The van der Waals surface area contributed by atoms with Gasteiger partial charge >= 0.3 is 6.85 Å². The van der Waals surface area contributed by atoms with Gasteiger partial charge in [0.1, 0.15) is 0 Å². The molecule has 9 rings (SSSR count). The highest BCUT2D eigenvalue weighted by Gasteiger charge is 2.42. The van der Waals surface area contributed by atoms with Gasteiger partial charge in [-0.05, 0) is 80.1 Å². The normalized spacial score (nSPS) is 13.4. The Morgan fingerprint density at radius 1 is 0.436 bits per heavy atom. The first kappa shape index (κ1) is 21.2. The molecule has 0 saturated carbocycles. The topological polar surface area (TPSA) is 3.24 Å². The molecule has 0 aromatic heterocycles. The molecule has 0 spiro atoms. The summed E-state index contributed by atoms with van der Waals surface area (Å²) >= 11 is 0. The Morgan fingerprint density at radius 3 is 1.92 bits per heavy atom. The third-order valence-corrected chi connectivity index (χ3v) is 8.90. The summed E-state index contributed by atoms with van der Waals surface area (Å²) in [6.45, 7) is 0.141. The molecular formula is C37H24BN. The van der Waals surface area contributed by atoms with Crippen molar-refractivity contribution in [2.45, 2.75) is 6.42 Å². The van der Waals surface area contributed by atoms with Gasteiger partial charge in [-0.25, -0.2) is 0 Å². The molecule has 1 aliphatic carbocycles. The van der Waals surface area contributed by atoms with Crippen LogP contribution in [0.25, 0.3) is 44.5 Å². The quantitative estimate of drug-likeness (QED) is 0.211. The second kappa shape index (κ2) is 7.85. The van der Waals surface area contributed by atoms with Crippen LogP contribution in [-0.4, -0.2) is 6.85 Å². The highest BCUT2D eigenvalue weighted by atomic mass is 15.1. The van der Waals surface area contributed by atoms with Crippen LogP contribution in [0.15, 0.2) is 133 Å². The molecule has 6 aromatic rings. The van der Waals surface area contributed by atoms with Crippen LogP contribution in [0.5, 0.6) is 0 Å². The van der Waals surface area contributed by atoms with E-state index in [2.05, 4.69) is 138 Å². The van der Waals surface area contributed by atoms with Crippen LogP contribution in [0.3, 0.4) is 0 Å². The summed E-state index contributed by atoms with van der Waals surface area (Å²) in [6.07, 6.45) is 1.02. The van der Waals surface area contributed by atoms with E-state index in [0.29, 0.717) is 0 Å². The van der Waals surface area contributed by atoms with Crippen LogP contribution in [0, 0.1) is 0 Å². The predicted octanol–water partition coefficient (Wildman–Crippen LogP) is 7.83. The zero-order valence-electron chi connectivity index (χ0n) is 21.4. The molecule has 2 aliphatic heterocycles. The van der Waals surface area contributed by atoms with Gasteiger partial charge in [0.2, 0.25) is 0 Å². The van der Waals surface area contributed by atoms with E-state index in [1.165, 1.54) is 77.9 Å². The molecule has 2 heteroatoms. The molecule has 1 nitrogen and oxygen atoms in total. The maximum Gasteiger partial charge on any atom is 0.329 e. The number of nitrogens with zero attached hydrogens (tertiary/aromatic N) is 1. The molecule has 39 heavy (non-hydrogen) atoms. The third-order valence-electron chi connectivity index (χ3n) is 8.90. The summed E-state index contributed by atoms with van der Waals surface area (Å²) in [6, 6.07) is 49.7. The van der Waals surface area contributed by atoms with Crippen molar-refractivity contribution in [3.05, 3.63) is 145 Å². The van der Waals surface area contributed by atoms with Gasteiger partial charge in [-0.2, -0.15) is 0 Å². The van der Waals surface area contributed by atoms with Gasteiger partial charge in [0, 0.05) is 22.5 Å². The van der Waals surface area contributed by atoms with E-state index < -0.39 is 0 Å². The highest BCUT2D eigenvalue weighted by Crippen LogP contribution is 2.49. The monoisotopic (exact) mass is 493 g/mol. The molecule has 2 heterocycles. The lowest BCUT2D eigenvalue weighted by Crippen LogP contribution is -2.59. The van der Waals surface area contributed by atoms with Crippen LogP contribution in [0.1, 0.15) is 11.1 Å². The van der Waals surface area contributed by atoms with E-state index in [0.717, 1.165) is 6.42 Å². The molecule has 0 amide bonds. The fraction of sp³-hybridized carbons (Fsp3) is 0.0270. The van der Waals surface area contributed by atoms with Crippen LogP contribution >= 0.6 is 0 Å². The van der Waals surface area contributed by atoms with E-state index in [1.807, 2.05) is 0 Å². The lowest BCUT2D eigenvalue weighted by Gasteiger charge is -2.43. The first-order valence-corrected chi connectivity index (χ1v) is 13.8. The lowest BCUT2D eigenvalue weighted by molar-refractivity contribution is 1.26. The van der Waals surface area contributed by atoms with Crippen molar-refractivity contribution in [1.29, 1.82) is 0 Å². The Labute approximate surface area is 229 Å². The highest BCUT2D eigenvalue weighted by molar-refractivity contribution is 6.92. The van der Waals surface area contributed by atoms with Gasteiger partial charge in [-0.1, -0.05) is 115 Å². The van der Waals surface area contributed by atoms with E-state index >= 15 is 0 Å². The predicted molar refractivity (Wildman–Crippen MR) is 165 cm³/mol. The summed E-state index contributed by atoms with van der Waals surface area (Å²) < 4.78 is 0. The minimum Gasteiger partial charge on any atom is -0.376 e. The Bertz CT molecular complexity index is 1970. The Morgan fingerprint density at radius 2 is 1.05 bits per heavy atom. The zero-order chi connectivity index (χ0) is 25.5. The van der Waals surface area contributed by atoms with Crippen LogP contribution in [-0.2, 0) is 6.42 Å². The standard InChI is InChI=1S/C37H24BN/c1-2-11-27-24(10-1)22-25-20-21-26(23-32(25)27)28-15-9-19-36-37(28)31-14-4-7-17-34(31)38-33-16-6-3-12-29(33)30-13-5-8-18-35(30)39(36)38/h1-21,23H,22H2. The molecule has 6 aromatic carbocycles. The van der Waals surface area contributed by atoms with Crippen LogP contribution in [0.2, 0.25) is 0 Å². The Hall–Kier alpha value is -4.82. The minimum atomic E-state index is 0.141. The van der Waals surface area contributed by atoms with E-state index in [4.69, 9.17) is 0 Å². The molecule has 0 saturated heterocycles. The summed E-state index contributed by atoms with van der Waals surface area (Å²) in [4.78, 5) is 2.58. The van der Waals surface area contributed by atoms with Gasteiger partial charge in [0.25, 0.3) is 0 Å². The second-order valence-corrected chi connectivity index (χ2v) is 10.9. The fourth-order valence-electron chi connectivity index (χ4n) is 7.26. The van der Waals surface area contributed by atoms with Crippen molar-refractivity contribution < 1.29 is 0 Å². The average Bonchev–Trinajstić information content (AvgIpc) is 3.38. The molecule has 180 valence electrons. The van der Waals surface area contributed by atoms with E-state index in [1.54, 1.807) is 0 Å². The van der Waals surface area contributed by atoms with Crippen molar-refractivity contribution in [2.24, 2.45) is 0 Å². The van der Waals surface area contributed by atoms with E-state index in [9.17, 15) is 0 Å². The second-order valence-electron chi connectivity index (χ2n) is 10.9. The van der Waals surface area contributed by atoms with Crippen LogP contribution < -0.4 is 15.7 Å². The molecule has 0 fully saturated rings.